The highest BCUT2D eigenvalue weighted by molar-refractivity contribution is 9.10. The highest BCUT2D eigenvalue weighted by Crippen LogP contribution is 2.17. The minimum absolute atomic E-state index is 0.532. The summed E-state index contributed by atoms with van der Waals surface area (Å²) in [5.41, 5.74) is 4.81. The summed E-state index contributed by atoms with van der Waals surface area (Å²) in [6.07, 6.45) is 0. The number of hydrogen-bond acceptors (Lipinski definition) is 7. The number of hydrogen-bond donors (Lipinski definition) is 0. The summed E-state index contributed by atoms with van der Waals surface area (Å²) in [6.45, 7) is 11.9. The first kappa shape index (κ1) is 32.3. The second-order valence-corrected chi connectivity index (χ2v) is 10.1. The number of aryl methyl sites for hydroxylation is 2. The molecule has 0 saturated heterocycles. The summed E-state index contributed by atoms with van der Waals surface area (Å²) < 4.78 is 41.0. The van der Waals surface area contributed by atoms with E-state index in [9.17, 15) is 0 Å². The first-order valence-electron chi connectivity index (χ1n) is 12.6. The van der Waals surface area contributed by atoms with Crippen LogP contribution >= 0.6 is 31.9 Å². The molecule has 2 aromatic rings. The fraction of sp³-hybridized carbons (Fsp3) is 0.571. The Balaban J connectivity index is 1.25. The SMILES string of the molecule is Cc1cc(Br)ccc1COCCOCCOCCOCCOCCOCCOCc1ccc(Br)cc1C. The van der Waals surface area contributed by atoms with Crippen molar-refractivity contribution >= 4 is 31.9 Å². The van der Waals surface area contributed by atoms with Crippen LogP contribution in [0.25, 0.3) is 0 Å². The summed E-state index contributed by atoms with van der Waals surface area (Å²) in [5.74, 6) is 0. The molecule has 0 radical (unpaired) electrons. The Hall–Kier alpha value is -0.880. The van der Waals surface area contributed by atoms with E-state index < -0.39 is 0 Å². The topological polar surface area (TPSA) is 64.6 Å². The lowest BCUT2D eigenvalue weighted by molar-refractivity contribution is -0.0218. The van der Waals surface area contributed by atoms with Gasteiger partial charge in [-0.2, -0.15) is 0 Å². The average Bonchev–Trinajstić information content (AvgIpc) is 2.87. The third-order valence-electron chi connectivity index (χ3n) is 5.36. The molecule has 0 unspecified atom stereocenters. The van der Waals surface area contributed by atoms with E-state index in [1.165, 1.54) is 22.3 Å². The van der Waals surface area contributed by atoms with Crippen molar-refractivity contribution in [1.82, 2.24) is 0 Å². The molecule has 7 nitrogen and oxygen atoms in total. The van der Waals surface area contributed by atoms with E-state index >= 15 is 0 Å². The maximum Gasteiger partial charge on any atom is 0.0720 e. The lowest BCUT2D eigenvalue weighted by atomic mass is 10.1. The molecule has 0 amide bonds. The highest BCUT2D eigenvalue weighted by Gasteiger charge is 2.01. The van der Waals surface area contributed by atoms with E-state index in [-0.39, 0.29) is 0 Å². The van der Waals surface area contributed by atoms with E-state index in [2.05, 4.69) is 70.0 Å². The molecule has 0 aliphatic heterocycles. The molecule has 0 spiro atoms. The van der Waals surface area contributed by atoms with Crippen molar-refractivity contribution in [3.8, 4) is 0 Å². The van der Waals surface area contributed by atoms with Gasteiger partial charge in [0.1, 0.15) is 0 Å². The van der Waals surface area contributed by atoms with Crippen LogP contribution in [0, 0.1) is 13.8 Å². The van der Waals surface area contributed by atoms with Gasteiger partial charge in [0, 0.05) is 8.95 Å². The first-order valence-corrected chi connectivity index (χ1v) is 14.2. The minimum atomic E-state index is 0.532. The fourth-order valence-electron chi connectivity index (χ4n) is 3.22. The van der Waals surface area contributed by atoms with Crippen LogP contribution in [0.3, 0.4) is 0 Å². The molecule has 2 aromatic carbocycles. The van der Waals surface area contributed by atoms with Gasteiger partial charge in [0.15, 0.2) is 0 Å². The summed E-state index contributed by atoms with van der Waals surface area (Å²) in [7, 11) is 0. The van der Waals surface area contributed by atoms with Crippen molar-refractivity contribution in [3.63, 3.8) is 0 Å². The van der Waals surface area contributed by atoms with Crippen molar-refractivity contribution in [2.45, 2.75) is 27.1 Å². The van der Waals surface area contributed by atoms with Crippen LogP contribution < -0.4 is 0 Å². The Morgan fingerprint density at radius 3 is 0.973 bits per heavy atom. The predicted octanol–water partition coefficient (Wildman–Crippen LogP) is 5.64. The van der Waals surface area contributed by atoms with Crippen LogP contribution in [0.15, 0.2) is 45.3 Å². The second kappa shape index (κ2) is 21.0. The van der Waals surface area contributed by atoms with Crippen LogP contribution in [-0.2, 0) is 46.4 Å². The summed E-state index contributed by atoms with van der Waals surface area (Å²) in [6, 6.07) is 12.4. The van der Waals surface area contributed by atoms with Gasteiger partial charge in [0.2, 0.25) is 0 Å². The molecule has 0 aromatic heterocycles. The van der Waals surface area contributed by atoms with Crippen LogP contribution in [0.2, 0.25) is 0 Å². The Bertz CT molecular complexity index is 797. The summed E-state index contributed by atoms with van der Waals surface area (Å²) >= 11 is 6.94. The van der Waals surface area contributed by atoms with Crippen molar-refractivity contribution in [2.24, 2.45) is 0 Å². The van der Waals surface area contributed by atoms with Crippen molar-refractivity contribution in [2.75, 3.05) is 79.3 Å². The Morgan fingerprint density at radius 2 is 0.703 bits per heavy atom. The van der Waals surface area contributed by atoms with Gasteiger partial charge in [0.25, 0.3) is 0 Å². The van der Waals surface area contributed by atoms with E-state index in [4.69, 9.17) is 33.2 Å². The predicted molar refractivity (Wildman–Crippen MR) is 151 cm³/mol. The van der Waals surface area contributed by atoms with Gasteiger partial charge in [-0.1, -0.05) is 44.0 Å². The fourth-order valence-corrected chi connectivity index (χ4v) is 4.18. The smallest absolute Gasteiger partial charge is 0.0720 e. The number of rotatable bonds is 22. The molecule has 0 fully saturated rings. The Morgan fingerprint density at radius 1 is 0.432 bits per heavy atom. The molecule has 0 bridgehead atoms. The highest BCUT2D eigenvalue weighted by atomic mass is 79.9. The zero-order chi connectivity index (χ0) is 26.6. The quantitative estimate of drug-likeness (QED) is 0.153. The monoisotopic (exact) mass is 646 g/mol. The van der Waals surface area contributed by atoms with E-state index in [0.717, 1.165) is 8.95 Å². The van der Waals surface area contributed by atoms with Crippen LogP contribution in [0.1, 0.15) is 22.3 Å². The van der Waals surface area contributed by atoms with E-state index in [0.29, 0.717) is 92.5 Å². The van der Waals surface area contributed by atoms with Gasteiger partial charge in [-0.3, -0.25) is 0 Å². The Kier molecular flexibility index (Phi) is 18.4. The minimum Gasteiger partial charge on any atom is -0.377 e. The normalized spacial score (nSPS) is 11.4. The first-order chi connectivity index (χ1) is 18.1. The molecule has 0 heterocycles. The molecule has 0 atom stereocenters. The molecule has 208 valence electrons. The van der Waals surface area contributed by atoms with Crippen molar-refractivity contribution in [1.29, 1.82) is 0 Å². The lowest BCUT2D eigenvalue weighted by Gasteiger charge is -2.09. The van der Waals surface area contributed by atoms with Gasteiger partial charge in [-0.05, 0) is 60.4 Å². The van der Waals surface area contributed by atoms with Crippen LogP contribution in [-0.4, -0.2) is 79.3 Å². The van der Waals surface area contributed by atoms with Gasteiger partial charge < -0.3 is 33.2 Å². The average molecular weight is 648 g/mol. The maximum atomic E-state index is 5.66. The van der Waals surface area contributed by atoms with E-state index in [1.54, 1.807) is 0 Å². The molecule has 0 aliphatic carbocycles. The molecule has 2 rings (SSSR count). The zero-order valence-corrected chi connectivity index (χ0v) is 25.1. The van der Waals surface area contributed by atoms with Gasteiger partial charge in [-0.15, -0.1) is 0 Å². The molecule has 0 saturated carbocycles. The molecule has 9 heteroatoms. The summed E-state index contributed by atoms with van der Waals surface area (Å²) in [4.78, 5) is 0. The number of ether oxygens (including phenoxy) is 7. The van der Waals surface area contributed by atoms with Crippen LogP contribution in [0.4, 0.5) is 0 Å². The third kappa shape index (κ3) is 16.0. The zero-order valence-electron chi connectivity index (χ0n) is 22.0. The van der Waals surface area contributed by atoms with Crippen LogP contribution in [0.5, 0.6) is 0 Å². The van der Waals surface area contributed by atoms with E-state index in [1.807, 2.05) is 12.1 Å². The number of benzene rings is 2. The standard InChI is InChI=1S/C28H40Br2O7/c1-23-19-27(29)5-3-25(23)21-36-17-15-34-13-11-32-9-7-31-8-10-33-12-14-35-16-18-37-22-26-4-6-28(30)20-24(26)2/h3-6,19-20H,7-18,21-22H2,1-2H3. The van der Waals surface area contributed by atoms with Gasteiger partial charge in [-0.25, -0.2) is 0 Å². The largest absolute Gasteiger partial charge is 0.377 e. The molecular formula is C28H40Br2O7. The molecular weight excluding hydrogens is 608 g/mol. The maximum absolute atomic E-state index is 5.66. The van der Waals surface area contributed by atoms with Gasteiger partial charge >= 0.3 is 0 Å². The second-order valence-electron chi connectivity index (χ2n) is 8.31. The third-order valence-corrected chi connectivity index (χ3v) is 6.34. The summed E-state index contributed by atoms with van der Waals surface area (Å²) in [5, 5.41) is 0. The molecule has 0 aliphatic rings. The lowest BCUT2D eigenvalue weighted by Crippen LogP contribution is -2.14. The Labute approximate surface area is 238 Å². The molecule has 0 N–H and O–H groups in total. The number of halogens is 2. The van der Waals surface area contributed by atoms with Crippen molar-refractivity contribution < 1.29 is 33.2 Å². The molecule has 37 heavy (non-hydrogen) atoms. The van der Waals surface area contributed by atoms with Gasteiger partial charge in [0.05, 0.1) is 92.5 Å². The van der Waals surface area contributed by atoms with Crippen molar-refractivity contribution in [3.05, 3.63) is 67.6 Å².